The first kappa shape index (κ1) is 14.5. The van der Waals surface area contributed by atoms with Crippen molar-refractivity contribution in [3.63, 3.8) is 0 Å². The van der Waals surface area contributed by atoms with E-state index >= 15 is 0 Å². The molecule has 0 aliphatic heterocycles. The first-order valence-electron chi connectivity index (χ1n) is 6.39. The number of anilines is 1. The monoisotopic (exact) mass is 283 g/mol. The minimum absolute atomic E-state index is 0.213. The van der Waals surface area contributed by atoms with Crippen LogP contribution in [0.1, 0.15) is 23.8 Å². The Balaban J connectivity index is 2.36. The summed E-state index contributed by atoms with van der Waals surface area (Å²) in [6.07, 6.45) is -0.218. The van der Waals surface area contributed by atoms with Crippen molar-refractivity contribution in [3.8, 4) is 6.07 Å². The molecule has 0 radical (unpaired) electrons. The van der Waals surface area contributed by atoms with Gasteiger partial charge < -0.3 is 10.1 Å². The summed E-state index contributed by atoms with van der Waals surface area (Å²) in [4.78, 5) is 27.4. The third-order valence-electron chi connectivity index (χ3n) is 2.73. The summed E-state index contributed by atoms with van der Waals surface area (Å²) in [7, 11) is 0. The van der Waals surface area contributed by atoms with Crippen molar-refractivity contribution in [2.75, 3.05) is 11.9 Å². The number of esters is 1. The first-order valence-corrected chi connectivity index (χ1v) is 6.39. The number of hydrogen-bond acceptors (Lipinski definition) is 5. The maximum atomic E-state index is 11.6. The van der Waals surface area contributed by atoms with E-state index < -0.39 is 5.97 Å². The van der Waals surface area contributed by atoms with Gasteiger partial charge in [-0.15, -0.1) is 0 Å². The van der Waals surface area contributed by atoms with Crippen LogP contribution in [0.4, 0.5) is 5.69 Å². The molecule has 1 aromatic heterocycles. The second-order valence-corrected chi connectivity index (χ2v) is 4.17. The predicted molar refractivity (Wildman–Crippen MR) is 76.6 cm³/mol. The van der Waals surface area contributed by atoms with Gasteiger partial charge in [0.05, 0.1) is 23.9 Å². The number of nitrogens with one attached hydrogen (secondary N) is 1. The highest BCUT2D eigenvalue weighted by molar-refractivity contribution is 6.02. The van der Waals surface area contributed by atoms with Gasteiger partial charge in [-0.3, -0.25) is 4.79 Å². The van der Waals surface area contributed by atoms with Crippen LogP contribution >= 0.6 is 0 Å². The van der Waals surface area contributed by atoms with Gasteiger partial charge in [-0.25, -0.2) is 9.78 Å². The number of nitriles is 1. The van der Waals surface area contributed by atoms with Crippen molar-refractivity contribution in [3.05, 3.63) is 36.0 Å². The van der Waals surface area contributed by atoms with Gasteiger partial charge in [0.2, 0.25) is 5.91 Å². The molecule has 1 heterocycles. The zero-order valence-corrected chi connectivity index (χ0v) is 11.4. The van der Waals surface area contributed by atoms with E-state index in [-0.39, 0.29) is 24.6 Å². The Bertz CT molecular complexity index is 735. The molecule has 1 aromatic carbocycles. The van der Waals surface area contributed by atoms with Crippen molar-refractivity contribution in [2.24, 2.45) is 0 Å². The van der Waals surface area contributed by atoms with Crippen LogP contribution in [0.2, 0.25) is 0 Å². The van der Waals surface area contributed by atoms with Gasteiger partial charge in [0.25, 0.3) is 0 Å². The normalized spacial score (nSPS) is 9.90. The van der Waals surface area contributed by atoms with Crippen LogP contribution in [-0.4, -0.2) is 23.5 Å². The maximum absolute atomic E-state index is 11.6. The van der Waals surface area contributed by atoms with E-state index in [9.17, 15) is 9.59 Å². The number of fused-ring (bicyclic) bond motifs is 1. The molecule has 0 spiro atoms. The molecule has 1 amide bonds. The number of aromatic nitrogens is 1. The van der Waals surface area contributed by atoms with E-state index in [4.69, 9.17) is 10.00 Å². The van der Waals surface area contributed by atoms with Crippen LogP contribution in [0.25, 0.3) is 10.9 Å². The summed E-state index contributed by atoms with van der Waals surface area (Å²) in [5.74, 6) is -0.877. The van der Waals surface area contributed by atoms with Crippen molar-refractivity contribution in [1.29, 1.82) is 5.26 Å². The Labute approximate surface area is 121 Å². The van der Waals surface area contributed by atoms with Gasteiger partial charge in [0.1, 0.15) is 12.1 Å². The Morgan fingerprint density at radius 2 is 2.14 bits per heavy atom. The molecule has 21 heavy (non-hydrogen) atoms. The van der Waals surface area contributed by atoms with Crippen molar-refractivity contribution in [1.82, 2.24) is 4.98 Å². The smallest absolute Gasteiger partial charge is 0.356 e. The summed E-state index contributed by atoms with van der Waals surface area (Å²) in [5.41, 5.74) is 1.33. The third-order valence-corrected chi connectivity index (χ3v) is 2.73. The molecule has 6 heteroatoms. The van der Waals surface area contributed by atoms with Gasteiger partial charge in [-0.2, -0.15) is 5.26 Å². The zero-order chi connectivity index (χ0) is 15.2. The second kappa shape index (κ2) is 6.48. The van der Waals surface area contributed by atoms with Crippen molar-refractivity contribution >= 4 is 28.5 Å². The highest BCUT2D eigenvalue weighted by Gasteiger charge is 2.11. The minimum Gasteiger partial charge on any atom is -0.461 e. The number of hydrogen-bond donors (Lipinski definition) is 1. The van der Waals surface area contributed by atoms with Gasteiger partial charge in [0.15, 0.2) is 0 Å². The van der Waals surface area contributed by atoms with Crippen molar-refractivity contribution in [2.45, 2.75) is 13.3 Å². The number of pyridine rings is 1. The lowest BCUT2D eigenvalue weighted by atomic mass is 10.1. The fraction of sp³-hybridized carbons (Fsp3) is 0.200. The molecule has 2 aromatic rings. The van der Waals surface area contributed by atoms with E-state index in [0.717, 1.165) is 0 Å². The zero-order valence-electron chi connectivity index (χ0n) is 11.4. The molecular weight excluding hydrogens is 270 g/mol. The van der Waals surface area contributed by atoms with E-state index in [0.29, 0.717) is 16.6 Å². The van der Waals surface area contributed by atoms with Crippen LogP contribution in [0, 0.1) is 11.3 Å². The summed E-state index contributed by atoms with van der Waals surface area (Å²) >= 11 is 0. The second-order valence-electron chi connectivity index (χ2n) is 4.17. The fourth-order valence-electron chi connectivity index (χ4n) is 1.85. The van der Waals surface area contributed by atoms with E-state index in [1.807, 2.05) is 0 Å². The quantitative estimate of drug-likeness (QED) is 0.869. The van der Waals surface area contributed by atoms with Gasteiger partial charge >= 0.3 is 5.97 Å². The number of carbonyl (C=O) groups is 2. The molecule has 2 rings (SSSR count). The lowest BCUT2D eigenvalue weighted by Crippen LogP contribution is -2.11. The van der Waals surface area contributed by atoms with E-state index in [2.05, 4.69) is 10.3 Å². The lowest BCUT2D eigenvalue weighted by molar-refractivity contribution is -0.115. The summed E-state index contributed by atoms with van der Waals surface area (Å²) in [6, 6.07) is 10.2. The number of nitrogens with zero attached hydrogens (tertiary/aromatic N) is 2. The number of amides is 1. The molecule has 6 nitrogen and oxygen atoms in total. The lowest BCUT2D eigenvalue weighted by Gasteiger charge is -2.08. The third kappa shape index (κ3) is 3.34. The van der Waals surface area contributed by atoms with E-state index in [1.165, 1.54) is 0 Å². The maximum Gasteiger partial charge on any atom is 0.356 e. The Morgan fingerprint density at radius 3 is 2.86 bits per heavy atom. The molecule has 0 bridgehead atoms. The average molecular weight is 283 g/mol. The molecule has 0 fully saturated rings. The van der Waals surface area contributed by atoms with Gasteiger partial charge in [0, 0.05) is 5.39 Å². The molecule has 0 aliphatic rings. The van der Waals surface area contributed by atoms with Crippen LogP contribution in [0.15, 0.2) is 30.3 Å². The van der Waals surface area contributed by atoms with Gasteiger partial charge in [-0.05, 0) is 31.2 Å². The number of ether oxygens (including phenoxy) is 1. The SMILES string of the molecule is CCOC(=O)c1ccc2c(NC(=O)CC#N)cccc2n1. The molecular formula is C15H13N3O3. The molecule has 0 unspecified atom stereocenters. The average Bonchev–Trinajstić information content (AvgIpc) is 2.47. The van der Waals surface area contributed by atoms with Crippen LogP contribution in [0.5, 0.6) is 0 Å². The molecule has 0 aliphatic carbocycles. The molecule has 1 N–H and O–H groups in total. The summed E-state index contributed by atoms with van der Waals surface area (Å²) in [6.45, 7) is 2.00. The largest absolute Gasteiger partial charge is 0.461 e. The van der Waals surface area contributed by atoms with Crippen LogP contribution in [0.3, 0.4) is 0 Å². The number of benzene rings is 1. The van der Waals surface area contributed by atoms with Crippen LogP contribution < -0.4 is 5.32 Å². The minimum atomic E-state index is -0.488. The first-order chi connectivity index (χ1) is 10.2. The Morgan fingerprint density at radius 1 is 1.33 bits per heavy atom. The highest BCUT2D eigenvalue weighted by Crippen LogP contribution is 2.22. The standard InChI is InChI=1S/C15H13N3O3/c1-2-21-15(20)13-7-6-10-11(17-13)4-3-5-12(10)18-14(19)8-9-16/h3-7H,2,8H2,1H3,(H,18,19). The number of rotatable bonds is 4. The van der Waals surface area contributed by atoms with Gasteiger partial charge in [-0.1, -0.05) is 6.07 Å². The Kier molecular flexibility index (Phi) is 4.46. The molecule has 106 valence electrons. The summed E-state index contributed by atoms with van der Waals surface area (Å²) < 4.78 is 4.90. The molecule has 0 saturated carbocycles. The van der Waals surface area contributed by atoms with Crippen molar-refractivity contribution < 1.29 is 14.3 Å². The summed E-state index contributed by atoms with van der Waals surface area (Å²) in [5, 5.41) is 11.8. The Hall–Kier alpha value is -2.94. The molecule has 0 saturated heterocycles. The predicted octanol–water partition coefficient (Wildman–Crippen LogP) is 2.26. The fourth-order valence-corrected chi connectivity index (χ4v) is 1.85. The molecule has 0 atom stereocenters. The number of carbonyl (C=O) groups excluding carboxylic acids is 2. The highest BCUT2D eigenvalue weighted by atomic mass is 16.5. The van der Waals surface area contributed by atoms with E-state index in [1.54, 1.807) is 43.3 Å². The topological polar surface area (TPSA) is 92.1 Å². The van der Waals surface area contributed by atoms with Crippen LogP contribution in [-0.2, 0) is 9.53 Å².